The molecular formula is C14H11F6N7. The lowest BCUT2D eigenvalue weighted by Gasteiger charge is -2.28. The van der Waals surface area contributed by atoms with Crippen molar-refractivity contribution in [3.05, 3.63) is 23.5 Å². The van der Waals surface area contributed by atoms with E-state index < -0.39 is 23.5 Å². The second kappa shape index (κ2) is 5.90. The number of alkyl halides is 5. The zero-order valence-corrected chi connectivity index (χ0v) is 13.4. The van der Waals surface area contributed by atoms with E-state index in [4.69, 9.17) is 0 Å². The molecule has 0 unspecified atom stereocenters. The van der Waals surface area contributed by atoms with Crippen LogP contribution < -0.4 is 10.2 Å². The number of nitrogens with one attached hydrogen (secondary N) is 1. The first-order valence-electron chi connectivity index (χ1n) is 7.82. The van der Waals surface area contributed by atoms with Crippen molar-refractivity contribution in [1.29, 1.82) is 0 Å². The molecular weight excluding hydrogens is 380 g/mol. The first kappa shape index (κ1) is 17.7. The molecule has 3 heterocycles. The van der Waals surface area contributed by atoms with E-state index in [0.717, 1.165) is 4.52 Å². The molecule has 0 radical (unpaired) electrons. The van der Waals surface area contributed by atoms with Crippen LogP contribution in [-0.4, -0.2) is 57.4 Å². The molecule has 1 aromatic carbocycles. The minimum atomic E-state index is -5.95. The Hall–Kier alpha value is -2.70. The second-order valence-corrected chi connectivity index (χ2v) is 5.98. The molecule has 1 aliphatic heterocycles. The summed E-state index contributed by atoms with van der Waals surface area (Å²) in [4.78, 5) is 6.03. The van der Waals surface area contributed by atoms with Gasteiger partial charge in [0, 0.05) is 32.2 Å². The van der Waals surface area contributed by atoms with Crippen LogP contribution in [0.1, 0.15) is 5.56 Å². The fourth-order valence-corrected chi connectivity index (χ4v) is 2.95. The van der Waals surface area contributed by atoms with E-state index in [0.29, 0.717) is 44.1 Å². The first-order chi connectivity index (χ1) is 12.7. The zero-order valence-electron chi connectivity index (χ0n) is 13.4. The fourth-order valence-electron chi connectivity index (χ4n) is 2.95. The molecule has 13 heteroatoms. The number of benzene rings is 1. The number of fused-ring (bicyclic) bond motifs is 3. The van der Waals surface area contributed by atoms with Crippen molar-refractivity contribution in [3.63, 3.8) is 0 Å². The van der Waals surface area contributed by atoms with E-state index in [1.807, 2.05) is 4.90 Å². The summed E-state index contributed by atoms with van der Waals surface area (Å²) in [5.74, 6) is -6.79. The molecule has 0 spiro atoms. The molecule has 27 heavy (non-hydrogen) atoms. The minimum Gasteiger partial charge on any atom is -0.351 e. The van der Waals surface area contributed by atoms with Gasteiger partial charge >= 0.3 is 12.1 Å². The van der Waals surface area contributed by atoms with Gasteiger partial charge in [0.2, 0.25) is 5.65 Å². The van der Waals surface area contributed by atoms with Crippen molar-refractivity contribution in [3.8, 4) is 0 Å². The number of anilines is 1. The number of nitrogens with zero attached hydrogens (tertiary/aromatic N) is 6. The normalized spacial score (nSPS) is 16.4. The molecule has 0 saturated carbocycles. The smallest absolute Gasteiger partial charge is 0.351 e. The Balaban J connectivity index is 1.95. The van der Waals surface area contributed by atoms with Crippen LogP contribution in [-0.2, 0) is 5.92 Å². The van der Waals surface area contributed by atoms with Crippen molar-refractivity contribution >= 4 is 22.5 Å². The molecule has 0 atom stereocenters. The van der Waals surface area contributed by atoms with Crippen LogP contribution in [0.5, 0.6) is 0 Å². The molecule has 1 N–H and O–H groups in total. The van der Waals surface area contributed by atoms with E-state index in [-0.39, 0.29) is 16.7 Å². The third kappa shape index (κ3) is 2.72. The van der Waals surface area contributed by atoms with E-state index >= 15 is 0 Å². The highest BCUT2D eigenvalue weighted by Crippen LogP contribution is 2.45. The highest BCUT2D eigenvalue weighted by molar-refractivity contribution is 5.83. The molecule has 1 fully saturated rings. The maximum atomic E-state index is 14.1. The quantitative estimate of drug-likeness (QED) is 0.673. The van der Waals surface area contributed by atoms with Crippen molar-refractivity contribution in [1.82, 2.24) is 30.3 Å². The van der Waals surface area contributed by atoms with Crippen molar-refractivity contribution in [2.24, 2.45) is 0 Å². The summed E-state index contributed by atoms with van der Waals surface area (Å²) in [6, 6.07) is 0.924. The highest BCUT2D eigenvalue weighted by Gasteiger charge is 2.60. The molecule has 1 saturated heterocycles. The van der Waals surface area contributed by atoms with Gasteiger partial charge in [-0.2, -0.15) is 26.5 Å². The first-order valence-corrected chi connectivity index (χ1v) is 7.82. The van der Waals surface area contributed by atoms with Crippen LogP contribution in [0.4, 0.5) is 32.2 Å². The molecule has 4 rings (SSSR count). The SMILES string of the molecule is Fc1cc2nc(N3CCNCC3)c3nnnn3c2cc1C(F)(F)C(F)(F)F. The Morgan fingerprint density at radius 3 is 2.41 bits per heavy atom. The maximum Gasteiger partial charge on any atom is 0.458 e. The lowest BCUT2D eigenvalue weighted by molar-refractivity contribution is -0.290. The van der Waals surface area contributed by atoms with Crippen LogP contribution in [0.3, 0.4) is 0 Å². The summed E-state index contributed by atoms with van der Waals surface area (Å²) >= 11 is 0. The Morgan fingerprint density at radius 2 is 1.74 bits per heavy atom. The van der Waals surface area contributed by atoms with Crippen LogP contribution in [0.25, 0.3) is 16.7 Å². The Bertz CT molecular complexity index is 1010. The van der Waals surface area contributed by atoms with Gasteiger partial charge in [-0.05, 0) is 16.5 Å². The molecule has 2 aromatic heterocycles. The molecule has 1 aliphatic rings. The number of piperazine rings is 1. The van der Waals surface area contributed by atoms with Crippen molar-refractivity contribution in [2.75, 3.05) is 31.1 Å². The lowest BCUT2D eigenvalue weighted by Crippen LogP contribution is -2.44. The van der Waals surface area contributed by atoms with Gasteiger partial charge in [0.05, 0.1) is 16.6 Å². The average Bonchev–Trinajstić information content (AvgIpc) is 3.10. The molecule has 144 valence electrons. The van der Waals surface area contributed by atoms with E-state index in [9.17, 15) is 26.3 Å². The van der Waals surface area contributed by atoms with Gasteiger partial charge in [-0.15, -0.1) is 5.10 Å². The molecule has 0 aliphatic carbocycles. The van der Waals surface area contributed by atoms with Gasteiger partial charge in [0.15, 0.2) is 5.82 Å². The number of halogens is 6. The molecule has 3 aromatic rings. The zero-order chi connectivity index (χ0) is 19.4. The van der Waals surface area contributed by atoms with Crippen LogP contribution in [0.15, 0.2) is 12.1 Å². The van der Waals surface area contributed by atoms with Crippen molar-refractivity contribution in [2.45, 2.75) is 12.1 Å². The van der Waals surface area contributed by atoms with Crippen LogP contribution in [0, 0.1) is 5.82 Å². The number of hydrogen-bond donors (Lipinski definition) is 1. The summed E-state index contributed by atoms with van der Waals surface area (Å²) in [5, 5.41) is 14.0. The number of rotatable bonds is 2. The van der Waals surface area contributed by atoms with Gasteiger partial charge < -0.3 is 10.2 Å². The van der Waals surface area contributed by atoms with E-state index in [2.05, 4.69) is 25.8 Å². The second-order valence-electron chi connectivity index (χ2n) is 5.98. The van der Waals surface area contributed by atoms with Gasteiger partial charge in [-0.25, -0.2) is 9.37 Å². The van der Waals surface area contributed by atoms with Crippen LogP contribution in [0.2, 0.25) is 0 Å². The molecule has 7 nitrogen and oxygen atoms in total. The number of hydrogen-bond acceptors (Lipinski definition) is 6. The van der Waals surface area contributed by atoms with Crippen LogP contribution >= 0.6 is 0 Å². The topological polar surface area (TPSA) is 71.2 Å². The Morgan fingerprint density at radius 1 is 1.04 bits per heavy atom. The van der Waals surface area contributed by atoms with Gasteiger partial charge in [0.25, 0.3) is 0 Å². The minimum absolute atomic E-state index is 0.0808. The largest absolute Gasteiger partial charge is 0.458 e. The van der Waals surface area contributed by atoms with Gasteiger partial charge in [-0.3, -0.25) is 0 Å². The highest BCUT2D eigenvalue weighted by atomic mass is 19.4. The summed E-state index contributed by atoms with van der Waals surface area (Å²) < 4.78 is 80.5. The molecule has 0 bridgehead atoms. The summed E-state index contributed by atoms with van der Waals surface area (Å²) in [6.07, 6.45) is -5.95. The predicted molar refractivity (Wildman–Crippen MR) is 81.1 cm³/mol. The van der Waals surface area contributed by atoms with Gasteiger partial charge in [-0.1, -0.05) is 0 Å². The monoisotopic (exact) mass is 391 g/mol. The predicted octanol–water partition coefficient (Wildman–Crippen LogP) is 1.88. The fraction of sp³-hybridized carbons (Fsp3) is 0.429. The number of tetrazole rings is 1. The third-order valence-corrected chi connectivity index (χ3v) is 4.30. The van der Waals surface area contributed by atoms with Crippen molar-refractivity contribution < 1.29 is 26.3 Å². The molecule has 0 amide bonds. The standard InChI is InChI=1S/C14H11F6N7/c15-8-6-9-10(5-7(8)13(16,17)14(18,19)20)27-12(23-24-25-27)11(22-9)26-3-1-21-2-4-26/h5-6,21H,1-4H2. The third-order valence-electron chi connectivity index (χ3n) is 4.30. The average molecular weight is 391 g/mol. The number of aromatic nitrogens is 5. The maximum absolute atomic E-state index is 14.1. The van der Waals surface area contributed by atoms with E-state index in [1.54, 1.807) is 0 Å². The van der Waals surface area contributed by atoms with E-state index in [1.165, 1.54) is 0 Å². The summed E-state index contributed by atoms with van der Waals surface area (Å²) in [7, 11) is 0. The van der Waals surface area contributed by atoms with Gasteiger partial charge in [0.1, 0.15) is 5.82 Å². The summed E-state index contributed by atoms with van der Waals surface area (Å²) in [6.45, 7) is 2.40. The summed E-state index contributed by atoms with van der Waals surface area (Å²) in [5.41, 5.74) is -2.12. The lowest BCUT2D eigenvalue weighted by atomic mass is 10.1. The Labute approximate surface area is 147 Å². The Kier molecular flexibility index (Phi) is 3.87.